The van der Waals surface area contributed by atoms with Crippen LogP contribution in [0.5, 0.6) is 5.75 Å². The van der Waals surface area contributed by atoms with Crippen LogP contribution in [0.1, 0.15) is 17.9 Å². The van der Waals surface area contributed by atoms with Crippen molar-refractivity contribution >= 4 is 11.9 Å². The van der Waals surface area contributed by atoms with Crippen molar-refractivity contribution in [1.29, 1.82) is 0 Å². The lowest BCUT2D eigenvalue weighted by molar-refractivity contribution is -0.148. The van der Waals surface area contributed by atoms with E-state index in [1.807, 2.05) is 18.2 Å². The number of carboxylic acids is 1. The van der Waals surface area contributed by atoms with Gasteiger partial charge in [-0.05, 0) is 6.07 Å². The fourth-order valence-corrected chi connectivity index (χ4v) is 2.86. The number of carbonyl (C=O) groups excluding carboxylic acids is 1. The summed E-state index contributed by atoms with van der Waals surface area (Å²) >= 11 is 0. The first-order valence-electron chi connectivity index (χ1n) is 6.51. The Morgan fingerprint density at radius 2 is 2.05 bits per heavy atom. The molecule has 3 rings (SSSR count). The van der Waals surface area contributed by atoms with E-state index in [4.69, 9.17) is 9.84 Å². The van der Waals surface area contributed by atoms with Crippen LogP contribution in [0.4, 0.5) is 0 Å². The molecule has 2 aliphatic heterocycles. The van der Waals surface area contributed by atoms with Gasteiger partial charge in [0, 0.05) is 18.5 Å². The predicted octanol–water partition coefficient (Wildman–Crippen LogP) is 0.209. The number of hydrogen-bond donors (Lipinski definition) is 2. The number of nitrogens with zero attached hydrogens (tertiary/aromatic N) is 1. The number of β-amino-alcohol motifs (C(OH)–C–C–N with tert-alkyl or cyclic N) is 1. The molecular weight excluding hydrogens is 262 g/mol. The third kappa shape index (κ3) is 2.02. The number of aliphatic carboxylic acids is 1. The second-order valence-electron chi connectivity index (χ2n) is 5.14. The van der Waals surface area contributed by atoms with Crippen molar-refractivity contribution in [3.63, 3.8) is 0 Å². The molecule has 0 saturated carbocycles. The van der Waals surface area contributed by atoms with Gasteiger partial charge in [0.25, 0.3) is 0 Å². The van der Waals surface area contributed by atoms with Gasteiger partial charge in [-0.25, -0.2) is 4.79 Å². The Bertz CT molecular complexity index is 558. The minimum absolute atomic E-state index is 0.0640. The minimum Gasteiger partial charge on any atom is -0.492 e. The normalized spacial score (nSPS) is 28.1. The van der Waals surface area contributed by atoms with Crippen molar-refractivity contribution in [2.75, 3.05) is 13.2 Å². The van der Waals surface area contributed by atoms with E-state index in [-0.39, 0.29) is 25.5 Å². The highest BCUT2D eigenvalue weighted by Crippen LogP contribution is 2.36. The number of aliphatic hydroxyl groups is 1. The van der Waals surface area contributed by atoms with E-state index >= 15 is 0 Å². The molecule has 2 N–H and O–H groups in total. The van der Waals surface area contributed by atoms with Crippen LogP contribution < -0.4 is 4.74 Å². The summed E-state index contributed by atoms with van der Waals surface area (Å²) in [5, 5.41) is 18.8. The summed E-state index contributed by atoms with van der Waals surface area (Å²) in [4.78, 5) is 25.0. The number of para-hydroxylation sites is 1. The van der Waals surface area contributed by atoms with E-state index in [0.717, 1.165) is 5.56 Å². The van der Waals surface area contributed by atoms with Gasteiger partial charge in [0.2, 0.25) is 5.91 Å². The summed E-state index contributed by atoms with van der Waals surface area (Å²) < 4.78 is 5.46. The van der Waals surface area contributed by atoms with Crippen LogP contribution in [-0.4, -0.2) is 52.3 Å². The summed E-state index contributed by atoms with van der Waals surface area (Å²) in [7, 11) is 0. The molecule has 1 aromatic carbocycles. The van der Waals surface area contributed by atoms with Gasteiger partial charge in [-0.3, -0.25) is 4.79 Å². The average molecular weight is 277 g/mol. The fraction of sp³-hybridized carbons (Fsp3) is 0.429. The molecule has 6 heteroatoms. The Kier molecular flexibility index (Phi) is 3.10. The van der Waals surface area contributed by atoms with Gasteiger partial charge >= 0.3 is 5.97 Å². The highest BCUT2D eigenvalue weighted by Gasteiger charge is 2.43. The fourth-order valence-electron chi connectivity index (χ4n) is 2.86. The maximum Gasteiger partial charge on any atom is 0.326 e. The van der Waals surface area contributed by atoms with Crippen molar-refractivity contribution in [3.8, 4) is 5.75 Å². The smallest absolute Gasteiger partial charge is 0.326 e. The molecule has 0 aromatic heterocycles. The van der Waals surface area contributed by atoms with Crippen molar-refractivity contribution in [1.82, 2.24) is 4.90 Å². The Morgan fingerprint density at radius 3 is 2.80 bits per heavy atom. The van der Waals surface area contributed by atoms with Crippen LogP contribution in [0.3, 0.4) is 0 Å². The summed E-state index contributed by atoms with van der Waals surface area (Å²) in [5.41, 5.74) is 0.781. The number of ether oxygens (including phenoxy) is 1. The van der Waals surface area contributed by atoms with Gasteiger partial charge in [-0.2, -0.15) is 0 Å². The molecule has 20 heavy (non-hydrogen) atoms. The van der Waals surface area contributed by atoms with E-state index in [1.165, 1.54) is 4.90 Å². The van der Waals surface area contributed by atoms with E-state index < -0.39 is 24.0 Å². The van der Waals surface area contributed by atoms with Crippen LogP contribution >= 0.6 is 0 Å². The first kappa shape index (κ1) is 12.9. The second-order valence-corrected chi connectivity index (χ2v) is 5.14. The average Bonchev–Trinajstić information content (AvgIpc) is 3.01. The lowest BCUT2D eigenvalue weighted by Crippen LogP contribution is -2.43. The maximum atomic E-state index is 12.5. The van der Waals surface area contributed by atoms with Gasteiger partial charge in [-0.1, -0.05) is 18.2 Å². The SMILES string of the molecule is O=C(O)[C@@H]1CC(O)CN1C(=O)C1COc2ccccc21. The minimum atomic E-state index is -1.08. The number of likely N-dealkylation sites (tertiary alicyclic amines) is 1. The molecule has 1 amide bonds. The molecule has 106 valence electrons. The largest absolute Gasteiger partial charge is 0.492 e. The van der Waals surface area contributed by atoms with Crippen LogP contribution in [0.25, 0.3) is 0 Å². The van der Waals surface area contributed by atoms with Crippen LogP contribution in [-0.2, 0) is 9.59 Å². The van der Waals surface area contributed by atoms with Crippen LogP contribution in [0.2, 0.25) is 0 Å². The first-order valence-corrected chi connectivity index (χ1v) is 6.51. The molecule has 3 atom stereocenters. The Balaban J connectivity index is 1.85. The molecule has 0 aliphatic carbocycles. The Hall–Kier alpha value is -2.08. The molecule has 2 heterocycles. The molecular formula is C14H15NO5. The number of hydrogen-bond acceptors (Lipinski definition) is 4. The zero-order valence-corrected chi connectivity index (χ0v) is 10.7. The van der Waals surface area contributed by atoms with Crippen molar-refractivity contribution in [2.24, 2.45) is 0 Å². The van der Waals surface area contributed by atoms with Crippen molar-refractivity contribution in [2.45, 2.75) is 24.5 Å². The van der Waals surface area contributed by atoms with Crippen molar-refractivity contribution in [3.05, 3.63) is 29.8 Å². The number of aliphatic hydroxyl groups excluding tert-OH is 1. The van der Waals surface area contributed by atoms with Gasteiger partial charge in [0.15, 0.2) is 0 Å². The molecule has 0 bridgehead atoms. The number of carboxylic acid groups (broad SMARTS) is 1. The van der Waals surface area contributed by atoms with Crippen LogP contribution in [0.15, 0.2) is 24.3 Å². The highest BCUT2D eigenvalue weighted by molar-refractivity contribution is 5.90. The molecule has 2 aliphatic rings. The van der Waals surface area contributed by atoms with E-state index in [0.29, 0.717) is 5.75 Å². The summed E-state index contributed by atoms with van der Waals surface area (Å²) in [5.74, 6) is -1.20. The van der Waals surface area contributed by atoms with E-state index in [1.54, 1.807) is 6.07 Å². The first-order chi connectivity index (χ1) is 9.58. The number of benzene rings is 1. The van der Waals surface area contributed by atoms with Crippen molar-refractivity contribution < 1.29 is 24.5 Å². The zero-order valence-electron chi connectivity index (χ0n) is 10.7. The highest BCUT2D eigenvalue weighted by atomic mass is 16.5. The maximum absolute atomic E-state index is 12.5. The van der Waals surface area contributed by atoms with E-state index in [9.17, 15) is 14.7 Å². The van der Waals surface area contributed by atoms with Gasteiger partial charge in [0.1, 0.15) is 24.3 Å². The van der Waals surface area contributed by atoms with E-state index in [2.05, 4.69) is 0 Å². The molecule has 1 fully saturated rings. The third-order valence-electron chi connectivity index (χ3n) is 3.85. The number of carbonyl (C=O) groups is 2. The number of fused-ring (bicyclic) bond motifs is 1. The lowest BCUT2D eigenvalue weighted by atomic mass is 9.99. The quantitative estimate of drug-likeness (QED) is 0.807. The zero-order chi connectivity index (χ0) is 14.3. The topological polar surface area (TPSA) is 87.1 Å². The summed E-state index contributed by atoms with van der Waals surface area (Å²) in [6.45, 7) is 0.283. The molecule has 0 radical (unpaired) electrons. The Morgan fingerprint density at radius 1 is 1.30 bits per heavy atom. The van der Waals surface area contributed by atoms with Gasteiger partial charge in [0.05, 0.1) is 6.10 Å². The second kappa shape index (κ2) is 4.79. The summed E-state index contributed by atoms with van der Waals surface area (Å²) in [6.07, 6.45) is -0.700. The van der Waals surface area contributed by atoms with Crippen LogP contribution in [0, 0.1) is 0 Å². The lowest BCUT2D eigenvalue weighted by Gasteiger charge is -2.24. The number of amides is 1. The molecule has 0 spiro atoms. The molecule has 1 saturated heterocycles. The summed E-state index contributed by atoms with van der Waals surface area (Å²) in [6, 6.07) is 6.29. The number of rotatable bonds is 2. The predicted molar refractivity (Wildman–Crippen MR) is 68.4 cm³/mol. The third-order valence-corrected chi connectivity index (χ3v) is 3.85. The molecule has 1 aromatic rings. The molecule has 6 nitrogen and oxygen atoms in total. The molecule has 2 unspecified atom stereocenters. The Labute approximate surface area is 115 Å². The monoisotopic (exact) mass is 277 g/mol. The van der Waals surface area contributed by atoms with Gasteiger partial charge in [-0.15, -0.1) is 0 Å². The standard InChI is InChI=1S/C14H15NO5/c16-8-5-11(14(18)19)15(6-8)13(17)10-7-20-12-4-2-1-3-9(10)12/h1-4,8,10-11,16H,5-7H2,(H,18,19)/t8?,10?,11-/m0/s1. The van der Waals surface area contributed by atoms with Gasteiger partial charge < -0.3 is 19.8 Å².